The van der Waals surface area contributed by atoms with E-state index in [1.54, 1.807) is 42.5 Å². The van der Waals surface area contributed by atoms with Crippen molar-refractivity contribution < 1.29 is 17.9 Å². The van der Waals surface area contributed by atoms with Crippen LogP contribution in [0.25, 0.3) is 0 Å². The quantitative estimate of drug-likeness (QED) is 0.801. The molecule has 0 saturated carbocycles. The molecule has 1 aliphatic rings. The first-order valence-electron chi connectivity index (χ1n) is 8.81. The maximum Gasteiger partial charge on any atom is 0.215 e. The molecule has 1 heterocycles. The zero-order valence-corrected chi connectivity index (χ0v) is 16.0. The second-order valence-electron chi connectivity index (χ2n) is 6.43. The van der Waals surface area contributed by atoms with Crippen molar-refractivity contribution in [2.24, 2.45) is 0 Å². The molecule has 3 atom stereocenters. The number of aliphatic hydroxyl groups excluding tert-OH is 1. The van der Waals surface area contributed by atoms with E-state index in [2.05, 4.69) is 11.8 Å². The molecular formula is C21H19FN2O3S. The van der Waals surface area contributed by atoms with Crippen LogP contribution in [0.3, 0.4) is 0 Å². The van der Waals surface area contributed by atoms with Crippen LogP contribution in [0.15, 0.2) is 48.5 Å². The van der Waals surface area contributed by atoms with Crippen molar-refractivity contribution in [3.8, 4) is 17.9 Å². The van der Waals surface area contributed by atoms with E-state index in [4.69, 9.17) is 0 Å². The Morgan fingerprint density at radius 1 is 1.14 bits per heavy atom. The molecule has 0 amide bonds. The fourth-order valence-electron chi connectivity index (χ4n) is 3.39. The second kappa shape index (κ2) is 8.12. The van der Waals surface area contributed by atoms with Crippen LogP contribution in [0.4, 0.5) is 4.39 Å². The largest absolute Gasteiger partial charge is 0.395 e. The van der Waals surface area contributed by atoms with E-state index in [1.165, 1.54) is 13.0 Å². The molecule has 3 rings (SSSR count). The van der Waals surface area contributed by atoms with Crippen LogP contribution in [0.1, 0.15) is 29.5 Å². The van der Waals surface area contributed by atoms with E-state index >= 15 is 0 Å². The molecule has 144 valence electrons. The van der Waals surface area contributed by atoms with Gasteiger partial charge in [0.25, 0.3) is 0 Å². The molecule has 1 N–H and O–H groups in total. The fourth-order valence-corrected chi connectivity index (χ4v) is 4.82. The van der Waals surface area contributed by atoms with Crippen LogP contribution in [0.5, 0.6) is 0 Å². The Morgan fingerprint density at radius 2 is 1.82 bits per heavy atom. The molecule has 28 heavy (non-hydrogen) atoms. The van der Waals surface area contributed by atoms with Crippen LogP contribution in [-0.4, -0.2) is 42.3 Å². The van der Waals surface area contributed by atoms with E-state index < -0.39 is 28.0 Å². The molecule has 0 radical (unpaired) electrons. The zero-order valence-electron chi connectivity index (χ0n) is 15.2. The number of aliphatic hydroxyl groups is 1. The summed E-state index contributed by atoms with van der Waals surface area (Å²) in [7, 11) is -3.58. The monoisotopic (exact) mass is 398 g/mol. The van der Waals surface area contributed by atoms with Gasteiger partial charge in [-0.05, 0) is 36.8 Å². The summed E-state index contributed by atoms with van der Waals surface area (Å²) in [6.07, 6.45) is 0. The van der Waals surface area contributed by atoms with Crippen LogP contribution in [0, 0.1) is 29.0 Å². The van der Waals surface area contributed by atoms with E-state index in [1.807, 2.05) is 6.07 Å². The third kappa shape index (κ3) is 3.65. The van der Waals surface area contributed by atoms with Crippen molar-refractivity contribution in [2.75, 3.05) is 12.4 Å². The third-order valence-electron chi connectivity index (χ3n) is 4.87. The molecule has 5 nitrogen and oxygen atoms in total. The van der Waals surface area contributed by atoms with Crippen LogP contribution in [0.2, 0.25) is 0 Å². The van der Waals surface area contributed by atoms with Gasteiger partial charge in [-0.25, -0.2) is 12.8 Å². The van der Waals surface area contributed by atoms with Gasteiger partial charge in [0.2, 0.25) is 10.0 Å². The molecule has 0 unspecified atom stereocenters. The van der Waals surface area contributed by atoms with Crippen molar-refractivity contribution in [2.45, 2.75) is 24.9 Å². The molecule has 2 aromatic carbocycles. The predicted molar refractivity (Wildman–Crippen MR) is 103 cm³/mol. The van der Waals surface area contributed by atoms with Gasteiger partial charge >= 0.3 is 0 Å². The van der Waals surface area contributed by atoms with Gasteiger partial charge in [-0.2, -0.15) is 9.57 Å². The SMILES string of the molecule is CCS(=O)(=O)N1[C@H](C#N)[C@@H](c2ccc(C#Cc3ccccc3F)cc2)[C@H]1CO. The standard InChI is InChI=1S/C21H19FN2O3S/c1-2-28(26,27)24-19(13-23)21(20(24)14-25)17-11-8-15(9-12-17)7-10-16-5-3-4-6-18(16)22/h3-6,8-9,11-12,19-21,25H,2,14H2,1H3/t19-,20-,21-/m1/s1. The molecule has 1 fully saturated rings. The number of hydrogen-bond acceptors (Lipinski definition) is 4. The summed E-state index contributed by atoms with van der Waals surface area (Å²) in [6.45, 7) is 1.14. The van der Waals surface area contributed by atoms with Gasteiger partial charge in [0, 0.05) is 11.5 Å². The molecule has 0 aliphatic carbocycles. The summed E-state index contributed by atoms with van der Waals surface area (Å²) in [4.78, 5) is 0. The van der Waals surface area contributed by atoms with E-state index in [0.29, 0.717) is 11.1 Å². The first-order chi connectivity index (χ1) is 13.4. The van der Waals surface area contributed by atoms with Gasteiger partial charge in [0.15, 0.2) is 0 Å². The first-order valence-corrected chi connectivity index (χ1v) is 10.4. The Labute approximate surface area is 164 Å². The maximum atomic E-state index is 13.6. The summed E-state index contributed by atoms with van der Waals surface area (Å²) in [5.41, 5.74) is 1.72. The van der Waals surface area contributed by atoms with Crippen LogP contribution >= 0.6 is 0 Å². The van der Waals surface area contributed by atoms with E-state index in [0.717, 1.165) is 9.87 Å². The lowest BCUT2D eigenvalue weighted by Gasteiger charge is -2.50. The number of nitriles is 1. The lowest BCUT2D eigenvalue weighted by molar-refractivity contribution is 0.0558. The Morgan fingerprint density at radius 3 is 2.39 bits per heavy atom. The topological polar surface area (TPSA) is 81.4 Å². The number of nitrogens with zero attached hydrogens (tertiary/aromatic N) is 2. The summed E-state index contributed by atoms with van der Waals surface area (Å²) >= 11 is 0. The third-order valence-corrected chi connectivity index (χ3v) is 6.74. The smallest absolute Gasteiger partial charge is 0.215 e. The molecule has 1 aliphatic heterocycles. The molecule has 0 spiro atoms. The number of halogens is 1. The Bertz CT molecular complexity index is 1070. The highest BCUT2D eigenvalue weighted by atomic mass is 32.2. The van der Waals surface area contributed by atoms with Gasteiger partial charge in [-0.1, -0.05) is 36.1 Å². The van der Waals surface area contributed by atoms with Crippen molar-refractivity contribution >= 4 is 10.0 Å². The van der Waals surface area contributed by atoms with Crippen LogP contribution < -0.4 is 0 Å². The maximum absolute atomic E-state index is 13.6. The number of sulfonamides is 1. The van der Waals surface area contributed by atoms with Crippen LogP contribution in [-0.2, 0) is 10.0 Å². The minimum absolute atomic E-state index is 0.126. The number of rotatable bonds is 4. The molecular weight excluding hydrogens is 379 g/mol. The fraction of sp³-hybridized carbons (Fsp3) is 0.286. The second-order valence-corrected chi connectivity index (χ2v) is 8.59. The van der Waals surface area contributed by atoms with Gasteiger partial charge in [-0.3, -0.25) is 0 Å². The Hall–Kier alpha value is -2.71. The zero-order chi connectivity index (χ0) is 20.3. The van der Waals surface area contributed by atoms with Gasteiger partial charge in [0.05, 0.1) is 30.0 Å². The minimum atomic E-state index is -3.58. The van der Waals surface area contributed by atoms with Crippen molar-refractivity contribution in [3.63, 3.8) is 0 Å². The summed E-state index contributed by atoms with van der Waals surface area (Å²) in [5, 5.41) is 19.1. The van der Waals surface area contributed by atoms with Crippen molar-refractivity contribution in [3.05, 3.63) is 71.0 Å². The Balaban J connectivity index is 1.84. The number of hydrogen-bond donors (Lipinski definition) is 1. The number of benzene rings is 2. The minimum Gasteiger partial charge on any atom is -0.395 e. The predicted octanol–water partition coefficient (Wildman–Crippen LogP) is 2.23. The van der Waals surface area contributed by atoms with Crippen molar-refractivity contribution in [1.82, 2.24) is 4.31 Å². The molecule has 7 heteroatoms. The van der Waals surface area contributed by atoms with Crippen molar-refractivity contribution in [1.29, 1.82) is 5.26 Å². The molecule has 0 aromatic heterocycles. The molecule has 2 aromatic rings. The summed E-state index contributed by atoms with van der Waals surface area (Å²) in [6, 6.07) is 13.8. The lowest BCUT2D eigenvalue weighted by atomic mass is 9.78. The van der Waals surface area contributed by atoms with Gasteiger partial charge < -0.3 is 5.11 Å². The molecule has 1 saturated heterocycles. The highest BCUT2D eigenvalue weighted by Gasteiger charge is 2.54. The molecule has 0 bridgehead atoms. The lowest BCUT2D eigenvalue weighted by Crippen LogP contribution is -2.65. The summed E-state index contributed by atoms with van der Waals surface area (Å²) < 4.78 is 39.2. The van der Waals surface area contributed by atoms with E-state index in [-0.39, 0.29) is 18.2 Å². The average Bonchev–Trinajstić information content (AvgIpc) is 2.68. The first kappa shape index (κ1) is 20.0. The van der Waals surface area contributed by atoms with Gasteiger partial charge in [0.1, 0.15) is 11.9 Å². The van der Waals surface area contributed by atoms with E-state index in [9.17, 15) is 23.2 Å². The Kier molecular flexibility index (Phi) is 5.81. The normalized spacial score (nSPS) is 21.9. The highest BCUT2D eigenvalue weighted by Crippen LogP contribution is 2.42. The van der Waals surface area contributed by atoms with Gasteiger partial charge in [-0.15, -0.1) is 0 Å². The average molecular weight is 398 g/mol. The summed E-state index contributed by atoms with van der Waals surface area (Å²) in [5.74, 6) is 4.74. The highest BCUT2D eigenvalue weighted by molar-refractivity contribution is 7.89.